The van der Waals surface area contributed by atoms with E-state index in [1.54, 1.807) is 0 Å². The lowest BCUT2D eigenvalue weighted by Gasteiger charge is -2.12. The van der Waals surface area contributed by atoms with Crippen LogP contribution in [0, 0.1) is 12.7 Å². The van der Waals surface area contributed by atoms with Gasteiger partial charge in [-0.1, -0.05) is 0 Å². The first-order valence-corrected chi connectivity index (χ1v) is 7.52. The molecule has 8 heteroatoms. The van der Waals surface area contributed by atoms with Crippen molar-refractivity contribution in [2.45, 2.75) is 38.4 Å². The summed E-state index contributed by atoms with van der Waals surface area (Å²) >= 11 is 0. The molecule has 23 heavy (non-hydrogen) atoms. The van der Waals surface area contributed by atoms with Crippen molar-refractivity contribution >= 4 is 5.91 Å². The Hall–Kier alpha value is -2.35. The standard InChI is InChI=1S/C15H18FN5O2/c1-9-19-15(21-20-9)13-5-4-10(23-13)8-18-14(22)7-12-11(16)3-2-6-17-12/h2-3,6,10,13H,4-5,7-8H2,1H3,(H,18,22)(H,19,20,21)/t10-,13+/m1/s1. The lowest BCUT2D eigenvalue weighted by atomic mass is 10.2. The first kappa shape index (κ1) is 15.5. The lowest BCUT2D eigenvalue weighted by molar-refractivity contribution is -0.121. The van der Waals surface area contributed by atoms with Crippen molar-refractivity contribution in [2.75, 3.05) is 6.54 Å². The van der Waals surface area contributed by atoms with Crippen LogP contribution in [0.15, 0.2) is 18.3 Å². The number of halogens is 1. The van der Waals surface area contributed by atoms with Crippen LogP contribution in [0.25, 0.3) is 0 Å². The van der Waals surface area contributed by atoms with Crippen LogP contribution in [0.5, 0.6) is 0 Å². The third kappa shape index (κ3) is 3.89. The molecular formula is C15H18FN5O2. The molecule has 2 aromatic heterocycles. The summed E-state index contributed by atoms with van der Waals surface area (Å²) < 4.78 is 19.3. The zero-order chi connectivity index (χ0) is 16.2. The van der Waals surface area contributed by atoms with Crippen LogP contribution in [0.4, 0.5) is 4.39 Å². The molecule has 1 fully saturated rings. The number of aromatic amines is 1. The van der Waals surface area contributed by atoms with E-state index in [9.17, 15) is 9.18 Å². The number of hydrogen-bond acceptors (Lipinski definition) is 5. The first-order chi connectivity index (χ1) is 11.1. The molecule has 1 aliphatic heterocycles. The molecule has 2 aromatic rings. The third-order valence-electron chi connectivity index (χ3n) is 3.70. The van der Waals surface area contributed by atoms with Crippen LogP contribution >= 0.6 is 0 Å². The van der Waals surface area contributed by atoms with E-state index in [1.165, 1.54) is 18.3 Å². The summed E-state index contributed by atoms with van der Waals surface area (Å²) in [7, 11) is 0. The van der Waals surface area contributed by atoms with Gasteiger partial charge in [-0.2, -0.15) is 5.10 Å². The number of nitrogens with one attached hydrogen (secondary N) is 2. The SMILES string of the molecule is Cc1nc([C@@H]2CC[C@H](CNC(=O)Cc3ncccc3F)O2)n[nH]1. The van der Waals surface area contributed by atoms with E-state index < -0.39 is 5.82 Å². The molecule has 122 valence electrons. The summed E-state index contributed by atoms with van der Waals surface area (Å²) in [4.78, 5) is 20.0. The third-order valence-corrected chi connectivity index (χ3v) is 3.70. The van der Waals surface area contributed by atoms with Gasteiger partial charge in [-0.05, 0) is 31.9 Å². The number of rotatable bonds is 5. The number of carbonyl (C=O) groups is 1. The highest BCUT2D eigenvalue weighted by Crippen LogP contribution is 2.30. The summed E-state index contributed by atoms with van der Waals surface area (Å²) in [5, 5.41) is 9.64. The molecular weight excluding hydrogens is 301 g/mol. The van der Waals surface area contributed by atoms with Crippen LogP contribution in [-0.2, 0) is 16.0 Å². The Bertz CT molecular complexity index is 690. The van der Waals surface area contributed by atoms with E-state index in [0.29, 0.717) is 12.4 Å². The number of H-pyrrole nitrogens is 1. The minimum atomic E-state index is -0.472. The Labute approximate surface area is 132 Å². The summed E-state index contributed by atoms with van der Waals surface area (Å²) in [6, 6.07) is 2.78. The summed E-state index contributed by atoms with van der Waals surface area (Å²) in [6.07, 6.45) is 2.79. The average molecular weight is 319 g/mol. The van der Waals surface area contributed by atoms with Gasteiger partial charge in [-0.25, -0.2) is 9.37 Å². The largest absolute Gasteiger partial charge is 0.365 e. The fraction of sp³-hybridized carbons (Fsp3) is 0.467. The molecule has 0 saturated carbocycles. The van der Waals surface area contributed by atoms with Crippen LogP contribution in [0.2, 0.25) is 0 Å². The first-order valence-electron chi connectivity index (χ1n) is 7.52. The molecule has 7 nitrogen and oxygen atoms in total. The van der Waals surface area contributed by atoms with Gasteiger partial charge in [0, 0.05) is 12.7 Å². The van der Waals surface area contributed by atoms with Crippen molar-refractivity contribution < 1.29 is 13.9 Å². The number of amides is 1. The van der Waals surface area contributed by atoms with Gasteiger partial charge in [-0.3, -0.25) is 14.9 Å². The number of nitrogens with zero attached hydrogens (tertiary/aromatic N) is 3. The molecule has 0 radical (unpaired) electrons. The maximum atomic E-state index is 13.4. The highest BCUT2D eigenvalue weighted by molar-refractivity contribution is 5.78. The van der Waals surface area contributed by atoms with E-state index >= 15 is 0 Å². The van der Waals surface area contributed by atoms with Gasteiger partial charge in [0.05, 0.1) is 18.2 Å². The number of hydrogen-bond donors (Lipinski definition) is 2. The second-order valence-electron chi connectivity index (χ2n) is 5.52. The van der Waals surface area contributed by atoms with Gasteiger partial charge in [-0.15, -0.1) is 0 Å². The fourth-order valence-corrected chi connectivity index (χ4v) is 2.54. The molecule has 2 N–H and O–H groups in total. The maximum Gasteiger partial charge on any atom is 0.226 e. The minimum Gasteiger partial charge on any atom is -0.365 e. The van der Waals surface area contributed by atoms with Gasteiger partial charge in [0.15, 0.2) is 5.82 Å². The predicted octanol–water partition coefficient (Wildman–Crippen LogP) is 1.23. The van der Waals surface area contributed by atoms with Gasteiger partial charge in [0.1, 0.15) is 17.7 Å². The highest BCUT2D eigenvalue weighted by Gasteiger charge is 2.29. The number of ether oxygens (including phenoxy) is 1. The average Bonchev–Trinajstić information content (AvgIpc) is 3.16. The maximum absolute atomic E-state index is 13.4. The highest BCUT2D eigenvalue weighted by atomic mass is 19.1. The second-order valence-corrected chi connectivity index (χ2v) is 5.52. The molecule has 3 rings (SSSR count). The van der Waals surface area contributed by atoms with Crippen LogP contribution in [0.1, 0.15) is 36.3 Å². The van der Waals surface area contributed by atoms with E-state index in [1.807, 2.05) is 6.92 Å². The normalized spacial score (nSPS) is 20.6. The van der Waals surface area contributed by atoms with Crippen molar-refractivity contribution in [1.82, 2.24) is 25.5 Å². The number of carbonyl (C=O) groups excluding carboxylic acids is 1. The molecule has 1 saturated heterocycles. The fourth-order valence-electron chi connectivity index (χ4n) is 2.54. The summed E-state index contributed by atoms with van der Waals surface area (Å²) in [5.41, 5.74) is 0.145. The van der Waals surface area contributed by atoms with Gasteiger partial charge in [0.2, 0.25) is 5.91 Å². The molecule has 0 spiro atoms. The van der Waals surface area contributed by atoms with Gasteiger partial charge in [0.25, 0.3) is 0 Å². The van der Waals surface area contributed by atoms with Crippen molar-refractivity contribution in [3.8, 4) is 0 Å². The van der Waals surface area contributed by atoms with E-state index in [-0.39, 0.29) is 30.2 Å². The van der Waals surface area contributed by atoms with Crippen molar-refractivity contribution in [3.05, 3.63) is 41.5 Å². The Morgan fingerprint density at radius 2 is 2.39 bits per heavy atom. The number of aryl methyl sites for hydroxylation is 1. The molecule has 0 aliphatic carbocycles. The van der Waals surface area contributed by atoms with Crippen molar-refractivity contribution in [3.63, 3.8) is 0 Å². The number of pyridine rings is 1. The summed E-state index contributed by atoms with van der Waals surface area (Å²) in [6.45, 7) is 2.22. The predicted molar refractivity (Wildman–Crippen MR) is 78.9 cm³/mol. The zero-order valence-electron chi connectivity index (χ0n) is 12.8. The monoisotopic (exact) mass is 319 g/mol. The molecule has 3 heterocycles. The zero-order valence-corrected chi connectivity index (χ0v) is 12.8. The Morgan fingerprint density at radius 1 is 1.52 bits per heavy atom. The van der Waals surface area contributed by atoms with Crippen molar-refractivity contribution in [1.29, 1.82) is 0 Å². The Balaban J connectivity index is 1.46. The van der Waals surface area contributed by atoms with Gasteiger partial charge < -0.3 is 10.1 Å². The van der Waals surface area contributed by atoms with E-state index in [4.69, 9.17) is 4.74 Å². The Morgan fingerprint density at radius 3 is 3.13 bits per heavy atom. The minimum absolute atomic E-state index is 0.0804. The van der Waals surface area contributed by atoms with Crippen LogP contribution in [0.3, 0.4) is 0 Å². The molecule has 0 unspecified atom stereocenters. The van der Waals surface area contributed by atoms with Crippen molar-refractivity contribution in [2.24, 2.45) is 0 Å². The quantitative estimate of drug-likeness (QED) is 0.864. The lowest BCUT2D eigenvalue weighted by Crippen LogP contribution is -2.33. The van der Waals surface area contributed by atoms with Crippen LogP contribution < -0.4 is 5.32 Å². The molecule has 0 aromatic carbocycles. The van der Waals surface area contributed by atoms with E-state index in [2.05, 4.69) is 25.5 Å². The Kier molecular flexibility index (Phi) is 4.61. The molecule has 0 bridgehead atoms. The molecule has 1 aliphatic rings. The topological polar surface area (TPSA) is 92.8 Å². The number of aromatic nitrogens is 4. The molecule has 2 atom stereocenters. The smallest absolute Gasteiger partial charge is 0.226 e. The molecule has 1 amide bonds. The van der Waals surface area contributed by atoms with Gasteiger partial charge >= 0.3 is 0 Å². The van der Waals surface area contributed by atoms with Crippen LogP contribution in [-0.4, -0.2) is 38.7 Å². The summed E-state index contributed by atoms with van der Waals surface area (Å²) in [5.74, 6) is 0.646. The second kappa shape index (κ2) is 6.82. The van der Waals surface area contributed by atoms with E-state index in [0.717, 1.165) is 18.7 Å².